The molecule has 6 heteroatoms. The van der Waals surface area contributed by atoms with Gasteiger partial charge in [-0.2, -0.15) is 0 Å². The average molecular weight is 361 g/mol. The number of aromatic hydroxyl groups is 1. The summed E-state index contributed by atoms with van der Waals surface area (Å²) < 4.78 is 1.25. The van der Waals surface area contributed by atoms with Gasteiger partial charge in [-0.15, -0.1) is 11.3 Å². The van der Waals surface area contributed by atoms with E-state index in [0.717, 1.165) is 4.88 Å². The summed E-state index contributed by atoms with van der Waals surface area (Å²) in [6.07, 6.45) is 0. The number of halogens is 2. The van der Waals surface area contributed by atoms with Crippen molar-refractivity contribution in [2.24, 2.45) is 0 Å². The number of hydrogen-bond acceptors (Lipinski definition) is 3. The van der Waals surface area contributed by atoms with E-state index in [0.29, 0.717) is 14.4 Å². The lowest BCUT2D eigenvalue weighted by Crippen LogP contribution is -2.26. The van der Waals surface area contributed by atoms with Gasteiger partial charge in [-0.05, 0) is 53.2 Å². The molecule has 2 aromatic rings. The van der Waals surface area contributed by atoms with E-state index >= 15 is 0 Å². The number of hydrogen-bond donors (Lipinski definition) is 2. The van der Waals surface area contributed by atoms with Crippen molar-refractivity contribution in [2.75, 3.05) is 0 Å². The third-order valence-corrected chi connectivity index (χ3v) is 4.66. The quantitative estimate of drug-likeness (QED) is 0.854. The maximum absolute atomic E-state index is 12.0. The molecule has 1 aromatic carbocycles. The Kier molecular flexibility index (Phi) is 4.50. The molecule has 1 heterocycles. The summed E-state index contributed by atoms with van der Waals surface area (Å²) in [6.45, 7) is 1.89. The molecule has 0 spiro atoms. The van der Waals surface area contributed by atoms with E-state index in [4.69, 9.17) is 11.6 Å². The van der Waals surface area contributed by atoms with Crippen molar-refractivity contribution in [1.82, 2.24) is 5.32 Å². The second-order valence-electron chi connectivity index (χ2n) is 4.00. The number of thiophene rings is 1. The van der Waals surface area contributed by atoms with Gasteiger partial charge in [0.15, 0.2) is 0 Å². The minimum absolute atomic E-state index is 0.0412. The maximum atomic E-state index is 12.0. The second kappa shape index (κ2) is 5.94. The molecule has 1 atom stereocenters. The number of phenols is 1. The van der Waals surface area contributed by atoms with Crippen LogP contribution in [0.3, 0.4) is 0 Å². The zero-order chi connectivity index (χ0) is 14.0. The van der Waals surface area contributed by atoms with Gasteiger partial charge in [-0.3, -0.25) is 4.79 Å². The van der Waals surface area contributed by atoms with Crippen LogP contribution in [0.4, 0.5) is 0 Å². The molecular weight excluding hydrogens is 350 g/mol. The molecule has 19 heavy (non-hydrogen) atoms. The largest absolute Gasteiger partial charge is 0.507 e. The number of nitrogens with one attached hydrogen (secondary N) is 1. The van der Waals surface area contributed by atoms with Gasteiger partial charge in [-0.25, -0.2) is 0 Å². The molecule has 100 valence electrons. The Balaban J connectivity index is 2.10. The Morgan fingerprint density at radius 2 is 2.16 bits per heavy atom. The monoisotopic (exact) mass is 359 g/mol. The Hall–Kier alpha value is -1.04. The zero-order valence-corrected chi connectivity index (χ0v) is 13.1. The van der Waals surface area contributed by atoms with Gasteiger partial charge in [0.05, 0.1) is 14.9 Å². The Labute approximate surface area is 128 Å². The molecule has 0 radical (unpaired) electrons. The molecular formula is C13H11BrClNO2S. The number of phenolic OH excluding ortho intramolecular Hbond substituents is 1. The van der Waals surface area contributed by atoms with Gasteiger partial charge in [-0.1, -0.05) is 11.6 Å². The molecule has 0 fully saturated rings. The topological polar surface area (TPSA) is 49.3 Å². The van der Waals surface area contributed by atoms with Crippen molar-refractivity contribution in [3.8, 4) is 5.75 Å². The molecule has 0 saturated carbocycles. The summed E-state index contributed by atoms with van der Waals surface area (Å²) in [5.74, 6) is -0.195. The highest BCUT2D eigenvalue weighted by Gasteiger charge is 2.14. The van der Waals surface area contributed by atoms with E-state index < -0.39 is 0 Å². The first-order chi connectivity index (χ1) is 8.97. The summed E-state index contributed by atoms with van der Waals surface area (Å²) in [5, 5.41) is 12.4. The number of rotatable bonds is 3. The van der Waals surface area contributed by atoms with E-state index in [1.54, 1.807) is 18.2 Å². The van der Waals surface area contributed by atoms with Crippen molar-refractivity contribution in [3.05, 3.63) is 49.6 Å². The van der Waals surface area contributed by atoms with Crippen molar-refractivity contribution in [1.29, 1.82) is 0 Å². The van der Waals surface area contributed by atoms with Crippen LogP contribution in [0.25, 0.3) is 0 Å². The van der Waals surface area contributed by atoms with Crippen LogP contribution in [0.2, 0.25) is 4.34 Å². The molecule has 0 aliphatic carbocycles. The average Bonchev–Trinajstić information content (AvgIpc) is 2.79. The van der Waals surface area contributed by atoms with E-state index in [-0.39, 0.29) is 17.7 Å². The molecule has 0 saturated heterocycles. The van der Waals surface area contributed by atoms with Crippen LogP contribution in [-0.4, -0.2) is 11.0 Å². The fraction of sp³-hybridized carbons (Fsp3) is 0.154. The Morgan fingerprint density at radius 1 is 1.42 bits per heavy atom. The first kappa shape index (κ1) is 14.4. The minimum atomic E-state index is -0.236. The molecule has 1 amide bonds. The third-order valence-electron chi connectivity index (χ3n) is 2.58. The van der Waals surface area contributed by atoms with E-state index in [1.807, 2.05) is 13.0 Å². The molecule has 3 nitrogen and oxygen atoms in total. The summed E-state index contributed by atoms with van der Waals surface area (Å²) in [5.41, 5.74) is 0.412. The minimum Gasteiger partial charge on any atom is -0.507 e. The van der Waals surface area contributed by atoms with Gasteiger partial charge in [0.1, 0.15) is 5.75 Å². The first-order valence-corrected chi connectivity index (χ1v) is 7.50. The van der Waals surface area contributed by atoms with Crippen LogP contribution in [0, 0.1) is 0 Å². The number of carbonyl (C=O) groups is 1. The van der Waals surface area contributed by atoms with Crippen LogP contribution in [0.5, 0.6) is 5.75 Å². The van der Waals surface area contributed by atoms with Gasteiger partial charge in [0.2, 0.25) is 0 Å². The van der Waals surface area contributed by atoms with Gasteiger partial charge < -0.3 is 10.4 Å². The number of carbonyl (C=O) groups excluding carboxylic acids is 1. The third kappa shape index (κ3) is 3.49. The molecule has 0 bridgehead atoms. The predicted octanol–water partition coefficient (Wildman–Crippen LogP) is 4.36. The van der Waals surface area contributed by atoms with Crippen LogP contribution >= 0.6 is 38.9 Å². The van der Waals surface area contributed by atoms with Gasteiger partial charge in [0, 0.05) is 10.4 Å². The lowest BCUT2D eigenvalue weighted by Gasteiger charge is -2.12. The maximum Gasteiger partial charge on any atom is 0.251 e. The summed E-state index contributed by atoms with van der Waals surface area (Å²) in [4.78, 5) is 13.0. The highest BCUT2D eigenvalue weighted by molar-refractivity contribution is 9.10. The molecule has 2 rings (SSSR count). The smallest absolute Gasteiger partial charge is 0.251 e. The van der Waals surface area contributed by atoms with Crippen LogP contribution in [0.15, 0.2) is 34.8 Å². The Morgan fingerprint density at radius 3 is 2.74 bits per heavy atom. The highest BCUT2D eigenvalue weighted by atomic mass is 79.9. The molecule has 0 aliphatic heterocycles. The number of amides is 1. The summed E-state index contributed by atoms with van der Waals surface area (Å²) in [7, 11) is 0. The standard InChI is InChI=1S/C13H11BrClNO2S/c1-7(11-4-5-12(15)19-11)16-13(18)8-2-3-9(14)10(17)6-8/h2-7,17H,1H3,(H,16,18). The molecule has 1 aromatic heterocycles. The van der Waals surface area contributed by atoms with E-state index in [2.05, 4.69) is 21.2 Å². The van der Waals surface area contributed by atoms with Crippen LogP contribution in [0.1, 0.15) is 28.2 Å². The normalized spacial score (nSPS) is 12.2. The molecule has 1 unspecified atom stereocenters. The first-order valence-electron chi connectivity index (χ1n) is 5.52. The number of benzene rings is 1. The van der Waals surface area contributed by atoms with Crippen molar-refractivity contribution >= 4 is 44.8 Å². The predicted molar refractivity (Wildman–Crippen MR) is 81.0 cm³/mol. The van der Waals surface area contributed by atoms with Crippen molar-refractivity contribution in [3.63, 3.8) is 0 Å². The highest BCUT2D eigenvalue weighted by Crippen LogP contribution is 2.27. The second-order valence-corrected chi connectivity index (χ2v) is 6.60. The van der Waals surface area contributed by atoms with Crippen molar-refractivity contribution < 1.29 is 9.90 Å². The summed E-state index contributed by atoms with van der Waals surface area (Å²) >= 11 is 10.5. The molecule has 0 aliphatic rings. The fourth-order valence-electron chi connectivity index (χ4n) is 1.57. The van der Waals surface area contributed by atoms with E-state index in [1.165, 1.54) is 17.4 Å². The SMILES string of the molecule is CC(NC(=O)c1ccc(Br)c(O)c1)c1ccc(Cl)s1. The summed E-state index contributed by atoms with van der Waals surface area (Å²) in [6, 6.07) is 8.26. The zero-order valence-electron chi connectivity index (χ0n) is 9.98. The molecule has 2 N–H and O–H groups in total. The van der Waals surface area contributed by atoms with Gasteiger partial charge >= 0.3 is 0 Å². The van der Waals surface area contributed by atoms with Crippen LogP contribution < -0.4 is 5.32 Å². The van der Waals surface area contributed by atoms with Gasteiger partial charge in [0.25, 0.3) is 5.91 Å². The lowest BCUT2D eigenvalue weighted by atomic mass is 10.2. The van der Waals surface area contributed by atoms with Crippen LogP contribution in [-0.2, 0) is 0 Å². The van der Waals surface area contributed by atoms with E-state index in [9.17, 15) is 9.90 Å². The van der Waals surface area contributed by atoms with Crippen molar-refractivity contribution in [2.45, 2.75) is 13.0 Å². The Bertz CT molecular complexity index is 614. The fourth-order valence-corrected chi connectivity index (χ4v) is 2.88. The lowest BCUT2D eigenvalue weighted by molar-refractivity contribution is 0.0940.